The second-order valence-electron chi connectivity index (χ2n) is 18.6. The van der Waals surface area contributed by atoms with Gasteiger partial charge in [0, 0.05) is 16.5 Å². The van der Waals surface area contributed by atoms with Gasteiger partial charge in [0.2, 0.25) is 0 Å². The first kappa shape index (κ1) is 39.8. The fourth-order valence-electron chi connectivity index (χ4n) is 11.5. The van der Waals surface area contributed by atoms with Gasteiger partial charge >= 0.3 is 0 Å². The van der Waals surface area contributed by atoms with E-state index in [1.165, 1.54) is 122 Å². The third kappa shape index (κ3) is 6.31. The molecule has 0 atom stereocenters. The SMILES string of the molecule is Cc1cc(C)cc(-c2ccc(-c3cccc(-c4ccc(-n5c6ccc(-c7ccc8c(c7)C(c7ccccc7)(c7ccccc7)c7ccccc7-8)cc6c6c7ccccc7ccc65)cc4)c3)cc2)c1. The minimum atomic E-state index is -0.457. The van der Waals surface area contributed by atoms with Gasteiger partial charge in [-0.05, 0) is 145 Å². The molecule has 1 aliphatic rings. The Labute approximate surface area is 397 Å². The molecule has 0 saturated carbocycles. The zero-order valence-electron chi connectivity index (χ0n) is 38.1. The van der Waals surface area contributed by atoms with E-state index < -0.39 is 5.41 Å². The van der Waals surface area contributed by atoms with E-state index in [1.807, 2.05) is 0 Å². The molecule has 0 saturated heterocycles. The van der Waals surface area contributed by atoms with Gasteiger partial charge in [0.05, 0.1) is 16.4 Å². The first-order valence-corrected chi connectivity index (χ1v) is 23.7. The molecule has 0 fully saturated rings. The van der Waals surface area contributed by atoms with Crippen LogP contribution in [0.25, 0.3) is 93.9 Å². The van der Waals surface area contributed by atoms with E-state index in [1.54, 1.807) is 0 Å². The van der Waals surface area contributed by atoms with E-state index in [4.69, 9.17) is 0 Å². The van der Waals surface area contributed by atoms with Gasteiger partial charge in [0.25, 0.3) is 0 Å². The van der Waals surface area contributed by atoms with Crippen molar-refractivity contribution in [2.75, 3.05) is 0 Å². The average Bonchev–Trinajstić information content (AvgIpc) is 3.89. The van der Waals surface area contributed by atoms with Crippen LogP contribution in [-0.4, -0.2) is 4.57 Å². The fourth-order valence-corrected chi connectivity index (χ4v) is 11.5. The topological polar surface area (TPSA) is 4.93 Å². The quantitative estimate of drug-likeness (QED) is 0.150. The third-order valence-corrected chi connectivity index (χ3v) is 14.5. The average molecular weight is 866 g/mol. The molecule has 1 nitrogen and oxygen atoms in total. The predicted octanol–water partition coefficient (Wildman–Crippen LogP) is 17.6. The molecule has 0 amide bonds. The standard InChI is InChI=1S/C67H47N/c1-44-38-45(2)40-54(39-44)48-26-24-46(25-27-48)50-15-13-16-51(41-50)47-28-33-57(34-29-47)68-64-36-32-52(42-61(64)66-58-21-10-9-14-49(58)31-37-65(66)68)53-30-35-60-59-22-11-12-23-62(59)67(63(60)43-53,55-17-5-3-6-18-55)56-19-7-4-8-20-56/h3-43H,1-2H3. The summed E-state index contributed by atoms with van der Waals surface area (Å²) in [4.78, 5) is 0. The first-order chi connectivity index (χ1) is 33.5. The molecule has 13 rings (SSSR count). The number of aromatic nitrogens is 1. The van der Waals surface area contributed by atoms with Gasteiger partial charge in [0.15, 0.2) is 0 Å². The lowest BCUT2D eigenvalue weighted by molar-refractivity contribution is 0.769. The molecule has 0 radical (unpaired) electrons. The van der Waals surface area contributed by atoms with Crippen molar-refractivity contribution in [1.29, 1.82) is 0 Å². The Balaban J connectivity index is 0.912. The van der Waals surface area contributed by atoms with Crippen LogP contribution >= 0.6 is 0 Å². The summed E-state index contributed by atoms with van der Waals surface area (Å²) in [5.41, 5.74) is 23.2. The van der Waals surface area contributed by atoms with Gasteiger partial charge in [-0.3, -0.25) is 0 Å². The van der Waals surface area contributed by atoms with Crippen LogP contribution in [0, 0.1) is 13.8 Å². The molecule has 0 spiro atoms. The van der Waals surface area contributed by atoms with Crippen LogP contribution < -0.4 is 0 Å². The summed E-state index contributed by atoms with van der Waals surface area (Å²) < 4.78 is 2.45. The van der Waals surface area contributed by atoms with Crippen LogP contribution in [-0.2, 0) is 5.41 Å². The molecule has 1 aliphatic carbocycles. The molecule has 68 heavy (non-hydrogen) atoms. The molecule has 1 heteroatoms. The maximum Gasteiger partial charge on any atom is 0.0713 e. The summed E-state index contributed by atoms with van der Waals surface area (Å²) in [6.07, 6.45) is 0. The molecule has 320 valence electrons. The summed E-state index contributed by atoms with van der Waals surface area (Å²) in [6, 6.07) is 92.6. The Bertz CT molecular complexity index is 3830. The van der Waals surface area contributed by atoms with Gasteiger partial charge in [-0.1, -0.05) is 217 Å². The van der Waals surface area contributed by atoms with Crippen molar-refractivity contribution in [3.63, 3.8) is 0 Å². The largest absolute Gasteiger partial charge is 0.309 e. The van der Waals surface area contributed by atoms with E-state index in [0.29, 0.717) is 0 Å². The molecular weight excluding hydrogens is 819 g/mol. The lowest BCUT2D eigenvalue weighted by atomic mass is 9.67. The summed E-state index contributed by atoms with van der Waals surface area (Å²) in [5, 5.41) is 5.02. The van der Waals surface area contributed by atoms with Crippen molar-refractivity contribution in [2.45, 2.75) is 19.3 Å². The zero-order chi connectivity index (χ0) is 45.3. The van der Waals surface area contributed by atoms with Crippen molar-refractivity contribution >= 4 is 32.6 Å². The van der Waals surface area contributed by atoms with Crippen LogP contribution in [0.4, 0.5) is 0 Å². The van der Waals surface area contributed by atoms with Crippen LogP contribution in [0.1, 0.15) is 33.4 Å². The van der Waals surface area contributed by atoms with Gasteiger partial charge < -0.3 is 4.57 Å². The van der Waals surface area contributed by atoms with Gasteiger partial charge in [0.1, 0.15) is 0 Å². The number of benzene rings is 11. The molecule has 12 aromatic rings. The second kappa shape index (κ2) is 15.8. The third-order valence-electron chi connectivity index (χ3n) is 14.5. The highest BCUT2D eigenvalue weighted by molar-refractivity contribution is 6.22. The Morgan fingerprint density at radius 3 is 1.54 bits per heavy atom. The molecule has 11 aromatic carbocycles. The molecule has 1 aromatic heterocycles. The first-order valence-electron chi connectivity index (χ1n) is 23.7. The van der Waals surface area contributed by atoms with Gasteiger partial charge in [-0.25, -0.2) is 0 Å². The number of aryl methyl sites for hydroxylation is 2. The monoisotopic (exact) mass is 865 g/mol. The lowest BCUT2D eigenvalue weighted by Gasteiger charge is -2.34. The lowest BCUT2D eigenvalue weighted by Crippen LogP contribution is -2.28. The van der Waals surface area contributed by atoms with E-state index in [0.717, 1.165) is 5.69 Å². The van der Waals surface area contributed by atoms with Crippen LogP contribution in [0.2, 0.25) is 0 Å². The zero-order valence-corrected chi connectivity index (χ0v) is 38.1. The minimum Gasteiger partial charge on any atom is -0.309 e. The van der Waals surface area contributed by atoms with Gasteiger partial charge in [-0.2, -0.15) is 0 Å². The maximum atomic E-state index is 2.47. The van der Waals surface area contributed by atoms with Crippen molar-refractivity contribution in [3.8, 4) is 61.3 Å². The highest BCUT2D eigenvalue weighted by atomic mass is 15.0. The Morgan fingerprint density at radius 2 is 0.838 bits per heavy atom. The summed E-state index contributed by atoms with van der Waals surface area (Å²) >= 11 is 0. The number of nitrogens with zero attached hydrogens (tertiary/aromatic N) is 1. The minimum absolute atomic E-state index is 0.457. The van der Waals surface area contributed by atoms with Crippen LogP contribution in [0.5, 0.6) is 0 Å². The van der Waals surface area contributed by atoms with E-state index in [-0.39, 0.29) is 0 Å². The highest BCUT2D eigenvalue weighted by Crippen LogP contribution is 2.57. The molecule has 0 bridgehead atoms. The van der Waals surface area contributed by atoms with Crippen molar-refractivity contribution < 1.29 is 0 Å². The number of rotatable bonds is 7. The highest BCUT2D eigenvalue weighted by Gasteiger charge is 2.46. The smallest absolute Gasteiger partial charge is 0.0713 e. The maximum absolute atomic E-state index is 2.47. The summed E-state index contributed by atoms with van der Waals surface area (Å²) in [6.45, 7) is 4.33. The van der Waals surface area contributed by atoms with E-state index in [9.17, 15) is 0 Å². The number of hydrogen-bond acceptors (Lipinski definition) is 0. The van der Waals surface area contributed by atoms with E-state index in [2.05, 4.69) is 267 Å². The Kier molecular flexibility index (Phi) is 9.27. The predicted molar refractivity (Wildman–Crippen MR) is 287 cm³/mol. The summed E-state index contributed by atoms with van der Waals surface area (Å²) in [7, 11) is 0. The van der Waals surface area contributed by atoms with E-state index >= 15 is 0 Å². The number of hydrogen-bond donors (Lipinski definition) is 0. The second-order valence-corrected chi connectivity index (χ2v) is 18.6. The normalized spacial score (nSPS) is 12.7. The molecule has 0 unspecified atom stereocenters. The molecule has 0 N–H and O–H groups in total. The van der Waals surface area contributed by atoms with Crippen molar-refractivity contribution in [3.05, 3.63) is 282 Å². The van der Waals surface area contributed by atoms with Crippen molar-refractivity contribution in [2.24, 2.45) is 0 Å². The van der Waals surface area contributed by atoms with Crippen molar-refractivity contribution in [1.82, 2.24) is 4.57 Å². The van der Waals surface area contributed by atoms with Crippen LogP contribution in [0.3, 0.4) is 0 Å². The molecular formula is C67H47N. The molecule has 1 heterocycles. The fraction of sp³-hybridized carbons (Fsp3) is 0.0448. The van der Waals surface area contributed by atoms with Crippen LogP contribution in [0.15, 0.2) is 249 Å². The number of fused-ring (bicyclic) bond motifs is 8. The molecule has 0 aliphatic heterocycles. The Morgan fingerprint density at radius 1 is 0.309 bits per heavy atom. The Hall–Kier alpha value is -8.52. The van der Waals surface area contributed by atoms with Gasteiger partial charge in [-0.15, -0.1) is 0 Å². The summed E-state index contributed by atoms with van der Waals surface area (Å²) in [5.74, 6) is 0.